The Bertz CT molecular complexity index is 997. The molecule has 1 aromatic heterocycles. The Labute approximate surface area is 226 Å². The molecule has 2 N–H and O–H groups in total. The number of hydrogen-bond donors (Lipinski definition) is 2. The summed E-state index contributed by atoms with van der Waals surface area (Å²) in [7, 11) is 1.65. The third-order valence-corrected chi connectivity index (χ3v) is 9.85. The molecule has 0 spiro atoms. The highest BCUT2D eigenvalue weighted by atomic mass is 32.2. The Morgan fingerprint density at radius 1 is 1.16 bits per heavy atom. The number of carboxylic acids is 1. The van der Waals surface area contributed by atoms with E-state index in [0.29, 0.717) is 18.3 Å². The number of ether oxygens (including phenoxy) is 1. The minimum atomic E-state index is -0.711. The SMILES string of the molecule is COc1ccc2nccc(C(O)CC[C@@H]3CCN(CCCSC4CCCCC4)C[C@@H]3CCC(=O)O)c2c1. The molecule has 7 heteroatoms. The summed E-state index contributed by atoms with van der Waals surface area (Å²) in [6.07, 6.45) is 13.0. The van der Waals surface area contributed by atoms with E-state index in [2.05, 4.69) is 21.6 Å². The van der Waals surface area contributed by atoms with E-state index in [-0.39, 0.29) is 6.42 Å². The van der Waals surface area contributed by atoms with E-state index in [4.69, 9.17) is 4.74 Å². The highest BCUT2D eigenvalue weighted by molar-refractivity contribution is 7.99. The molecule has 2 aliphatic rings. The van der Waals surface area contributed by atoms with Crippen molar-refractivity contribution < 1.29 is 19.7 Å². The average Bonchev–Trinajstić information content (AvgIpc) is 2.93. The van der Waals surface area contributed by atoms with E-state index in [1.165, 1.54) is 44.3 Å². The molecule has 2 aromatic rings. The first-order chi connectivity index (χ1) is 18.0. The zero-order valence-corrected chi connectivity index (χ0v) is 23.1. The number of rotatable bonds is 13. The molecular weight excluding hydrogens is 484 g/mol. The van der Waals surface area contributed by atoms with Crippen molar-refractivity contribution in [2.45, 2.75) is 82.0 Å². The molecule has 1 aliphatic carbocycles. The van der Waals surface area contributed by atoms with Crippen LogP contribution in [0.2, 0.25) is 0 Å². The summed E-state index contributed by atoms with van der Waals surface area (Å²) in [6.45, 7) is 3.18. The summed E-state index contributed by atoms with van der Waals surface area (Å²) in [6, 6.07) is 7.67. The maximum absolute atomic E-state index is 11.3. The number of pyridine rings is 1. The molecule has 1 saturated heterocycles. The lowest BCUT2D eigenvalue weighted by Gasteiger charge is -2.39. The van der Waals surface area contributed by atoms with Crippen LogP contribution in [-0.2, 0) is 4.79 Å². The molecule has 1 aromatic carbocycles. The van der Waals surface area contributed by atoms with Gasteiger partial charge < -0.3 is 19.8 Å². The van der Waals surface area contributed by atoms with Crippen molar-refractivity contribution in [2.75, 3.05) is 32.5 Å². The first-order valence-electron chi connectivity index (χ1n) is 14.2. The molecule has 0 amide bonds. The molecule has 4 rings (SSSR count). The number of aliphatic hydroxyl groups excluding tert-OH is 1. The van der Waals surface area contributed by atoms with E-state index >= 15 is 0 Å². The van der Waals surface area contributed by atoms with E-state index in [1.807, 2.05) is 24.3 Å². The number of thioether (sulfide) groups is 1. The first-order valence-corrected chi connectivity index (χ1v) is 15.2. The van der Waals surface area contributed by atoms with Crippen molar-refractivity contribution in [2.24, 2.45) is 11.8 Å². The van der Waals surface area contributed by atoms with Gasteiger partial charge in [0.1, 0.15) is 5.75 Å². The Balaban J connectivity index is 1.30. The highest BCUT2D eigenvalue weighted by Gasteiger charge is 2.30. The molecule has 37 heavy (non-hydrogen) atoms. The van der Waals surface area contributed by atoms with Crippen LogP contribution in [0.1, 0.15) is 82.3 Å². The second-order valence-corrected chi connectivity index (χ2v) is 12.3. The largest absolute Gasteiger partial charge is 0.497 e. The number of hydrogen-bond acceptors (Lipinski definition) is 6. The van der Waals surface area contributed by atoms with Gasteiger partial charge in [0.25, 0.3) is 0 Å². The normalized spacial score (nSPS) is 22.2. The van der Waals surface area contributed by atoms with Gasteiger partial charge in [0, 0.05) is 29.8 Å². The molecule has 0 bridgehead atoms. The average molecular weight is 529 g/mol. The number of carbonyl (C=O) groups is 1. The van der Waals surface area contributed by atoms with Crippen LogP contribution in [0.4, 0.5) is 0 Å². The second kappa shape index (κ2) is 14.4. The molecule has 3 atom stereocenters. The maximum atomic E-state index is 11.3. The van der Waals surface area contributed by atoms with Crippen molar-refractivity contribution >= 4 is 28.6 Å². The standard InChI is InChI=1S/C30H44N2O4S/c1-36-24-10-11-28-27(20-24)26(14-16-31-28)29(33)12-8-22-15-18-32(21-23(22)9-13-30(34)35)17-5-19-37-25-6-3-2-4-7-25/h10-11,14,16,20,22-23,25,29,33H,2-9,12-13,15,17-19,21H2,1H3,(H,34,35)/t22-,23+,29?/m1/s1. The fraction of sp³-hybridized carbons (Fsp3) is 0.667. The van der Waals surface area contributed by atoms with E-state index in [1.54, 1.807) is 13.3 Å². The van der Waals surface area contributed by atoms with Crippen molar-refractivity contribution in [3.05, 3.63) is 36.0 Å². The minimum absolute atomic E-state index is 0.226. The molecule has 0 radical (unpaired) electrons. The first kappa shape index (κ1) is 28.2. The zero-order valence-electron chi connectivity index (χ0n) is 22.3. The molecule has 1 unspecified atom stereocenters. The Kier molecular flexibility index (Phi) is 10.9. The van der Waals surface area contributed by atoms with Crippen LogP contribution < -0.4 is 4.74 Å². The van der Waals surface area contributed by atoms with E-state index in [9.17, 15) is 15.0 Å². The number of likely N-dealkylation sites (tertiary alicyclic amines) is 1. The zero-order chi connectivity index (χ0) is 26.0. The summed E-state index contributed by atoms with van der Waals surface area (Å²) in [5.74, 6) is 2.10. The van der Waals surface area contributed by atoms with Crippen LogP contribution in [0, 0.1) is 11.8 Å². The predicted octanol–water partition coefficient (Wildman–Crippen LogP) is 6.32. The summed E-state index contributed by atoms with van der Waals surface area (Å²) < 4.78 is 5.38. The van der Waals surface area contributed by atoms with Gasteiger partial charge in [-0.2, -0.15) is 11.8 Å². The molecule has 2 heterocycles. The van der Waals surface area contributed by atoms with Gasteiger partial charge in [-0.15, -0.1) is 0 Å². The fourth-order valence-electron chi connectivity index (χ4n) is 6.24. The van der Waals surface area contributed by atoms with Crippen LogP contribution in [0.15, 0.2) is 30.5 Å². The van der Waals surface area contributed by atoms with Gasteiger partial charge in [0.05, 0.1) is 18.7 Å². The van der Waals surface area contributed by atoms with Gasteiger partial charge in [-0.25, -0.2) is 0 Å². The molecule has 1 saturated carbocycles. The number of piperidine rings is 1. The second-order valence-electron chi connectivity index (χ2n) is 10.9. The third-order valence-electron chi connectivity index (χ3n) is 8.38. The Morgan fingerprint density at radius 2 is 2.00 bits per heavy atom. The van der Waals surface area contributed by atoms with E-state index < -0.39 is 12.1 Å². The molecular formula is C30H44N2O4S. The number of methoxy groups -OCH3 is 1. The number of aliphatic carboxylic acids is 1. The predicted molar refractivity (Wildman–Crippen MR) is 151 cm³/mol. The van der Waals surface area contributed by atoms with Gasteiger partial charge in [-0.3, -0.25) is 9.78 Å². The topological polar surface area (TPSA) is 82.9 Å². The summed E-state index contributed by atoms with van der Waals surface area (Å²) in [5, 5.41) is 22.3. The van der Waals surface area contributed by atoms with Crippen LogP contribution in [-0.4, -0.2) is 63.8 Å². The van der Waals surface area contributed by atoms with Crippen LogP contribution in [0.3, 0.4) is 0 Å². The summed E-state index contributed by atoms with van der Waals surface area (Å²) in [5.41, 5.74) is 1.74. The molecule has 2 fully saturated rings. The van der Waals surface area contributed by atoms with Gasteiger partial charge in [0.2, 0.25) is 0 Å². The molecule has 204 valence electrons. The number of aliphatic hydroxyl groups is 1. The van der Waals surface area contributed by atoms with Crippen LogP contribution in [0.25, 0.3) is 10.9 Å². The quantitative estimate of drug-likeness (QED) is 0.295. The maximum Gasteiger partial charge on any atom is 0.303 e. The smallest absolute Gasteiger partial charge is 0.303 e. The monoisotopic (exact) mass is 528 g/mol. The summed E-state index contributed by atoms with van der Waals surface area (Å²) in [4.78, 5) is 18.3. The van der Waals surface area contributed by atoms with Gasteiger partial charge in [0.15, 0.2) is 0 Å². The number of fused-ring (bicyclic) bond motifs is 1. The van der Waals surface area contributed by atoms with Gasteiger partial charge in [-0.05, 0) is 105 Å². The van der Waals surface area contributed by atoms with Crippen molar-refractivity contribution in [1.29, 1.82) is 0 Å². The van der Waals surface area contributed by atoms with Crippen LogP contribution >= 0.6 is 11.8 Å². The van der Waals surface area contributed by atoms with Crippen LogP contribution in [0.5, 0.6) is 5.75 Å². The summed E-state index contributed by atoms with van der Waals surface area (Å²) >= 11 is 2.17. The third kappa shape index (κ3) is 8.33. The van der Waals surface area contributed by atoms with Crippen molar-refractivity contribution in [3.63, 3.8) is 0 Å². The van der Waals surface area contributed by atoms with Crippen molar-refractivity contribution in [1.82, 2.24) is 9.88 Å². The van der Waals surface area contributed by atoms with Crippen molar-refractivity contribution in [3.8, 4) is 5.75 Å². The fourth-order valence-corrected chi connectivity index (χ4v) is 7.53. The minimum Gasteiger partial charge on any atom is -0.497 e. The lowest BCUT2D eigenvalue weighted by molar-refractivity contribution is -0.137. The number of nitrogens with zero attached hydrogens (tertiary/aromatic N) is 2. The highest BCUT2D eigenvalue weighted by Crippen LogP contribution is 2.35. The number of aromatic nitrogens is 1. The van der Waals surface area contributed by atoms with Gasteiger partial charge >= 0.3 is 5.97 Å². The lowest BCUT2D eigenvalue weighted by atomic mass is 9.79. The molecule has 6 nitrogen and oxygen atoms in total. The van der Waals surface area contributed by atoms with E-state index in [0.717, 1.165) is 66.4 Å². The lowest BCUT2D eigenvalue weighted by Crippen LogP contribution is -2.41. The van der Waals surface area contributed by atoms with Gasteiger partial charge in [-0.1, -0.05) is 19.3 Å². The Morgan fingerprint density at radius 3 is 2.78 bits per heavy atom. The Hall–Kier alpha value is -1.83. The number of carboxylic acid groups (broad SMARTS) is 1. The molecule has 1 aliphatic heterocycles. The number of benzene rings is 1.